The number of ether oxygens (including phenoxy) is 1. The molecule has 1 heterocycles. The lowest BCUT2D eigenvalue weighted by Gasteiger charge is -2.10. The van der Waals surface area contributed by atoms with Crippen molar-refractivity contribution in [2.24, 2.45) is 0 Å². The predicted octanol–water partition coefficient (Wildman–Crippen LogP) is 4.55. The number of nitrogens with zero attached hydrogens (tertiary/aromatic N) is 1. The van der Waals surface area contributed by atoms with Crippen LogP contribution in [0.2, 0.25) is 0 Å². The van der Waals surface area contributed by atoms with E-state index in [1.54, 1.807) is 25.3 Å². The van der Waals surface area contributed by atoms with Gasteiger partial charge in [0.2, 0.25) is 5.91 Å². The molecular formula is C21H20N2O5. The number of hydrogen-bond donors (Lipinski definition) is 1. The van der Waals surface area contributed by atoms with E-state index >= 15 is 0 Å². The fourth-order valence-corrected chi connectivity index (χ4v) is 3.05. The largest absolute Gasteiger partial charge is 0.497 e. The Balaban J connectivity index is 1.77. The number of benzene rings is 2. The molecule has 7 nitrogen and oxygen atoms in total. The van der Waals surface area contributed by atoms with Gasteiger partial charge in [-0.2, -0.15) is 0 Å². The van der Waals surface area contributed by atoms with E-state index in [0.29, 0.717) is 16.9 Å². The van der Waals surface area contributed by atoms with Crippen LogP contribution in [0.25, 0.3) is 17.0 Å². The van der Waals surface area contributed by atoms with E-state index < -0.39 is 4.92 Å². The van der Waals surface area contributed by atoms with Crippen molar-refractivity contribution in [3.8, 4) is 5.75 Å². The van der Waals surface area contributed by atoms with Gasteiger partial charge in [0, 0.05) is 23.1 Å². The van der Waals surface area contributed by atoms with Crippen LogP contribution in [0.4, 0.5) is 5.69 Å². The molecule has 0 saturated heterocycles. The molecule has 1 atom stereocenters. The first-order valence-electron chi connectivity index (χ1n) is 8.69. The van der Waals surface area contributed by atoms with Crippen molar-refractivity contribution in [2.45, 2.75) is 19.9 Å². The molecule has 0 radical (unpaired) electrons. The molecule has 1 N–H and O–H groups in total. The Kier molecular flexibility index (Phi) is 5.44. The lowest BCUT2D eigenvalue weighted by molar-refractivity contribution is -0.385. The molecule has 0 bridgehead atoms. The van der Waals surface area contributed by atoms with Crippen molar-refractivity contribution >= 4 is 28.6 Å². The zero-order valence-electron chi connectivity index (χ0n) is 15.8. The Morgan fingerprint density at radius 3 is 2.75 bits per heavy atom. The highest BCUT2D eigenvalue weighted by molar-refractivity contribution is 5.92. The maximum absolute atomic E-state index is 12.3. The molecule has 1 aromatic heterocycles. The molecule has 28 heavy (non-hydrogen) atoms. The molecular weight excluding hydrogens is 360 g/mol. The first-order chi connectivity index (χ1) is 13.4. The van der Waals surface area contributed by atoms with Crippen LogP contribution < -0.4 is 10.1 Å². The van der Waals surface area contributed by atoms with Crippen LogP contribution in [0.15, 0.2) is 53.0 Å². The van der Waals surface area contributed by atoms with Crippen LogP contribution in [-0.2, 0) is 4.79 Å². The van der Waals surface area contributed by atoms with Gasteiger partial charge in [-0.15, -0.1) is 0 Å². The smallest absolute Gasteiger partial charge is 0.276 e. The maximum atomic E-state index is 12.3. The van der Waals surface area contributed by atoms with Crippen LogP contribution in [0.5, 0.6) is 5.75 Å². The Morgan fingerprint density at radius 1 is 1.29 bits per heavy atom. The maximum Gasteiger partial charge on any atom is 0.276 e. The van der Waals surface area contributed by atoms with Crippen molar-refractivity contribution in [3.05, 3.63) is 75.5 Å². The molecule has 3 aromatic rings. The number of nitrogens with one attached hydrogen (secondary N) is 1. The number of furan rings is 1. The van der Waals surface area contributed by atoms with Gasteiger partial charge in [0.25, 0.3) is 5.69 Å². The molecule has 7 heteroatoms. The zero-order valence-corrected chi connectivity index (χ0v) is 15.8. The number of aryl methyl sites for hydroxylation is 1. The van der Waals surface area contributed by atoms with Crippen LogP contribution in [-0.4, -0.2) is 17.9 Å². The van der Waals surface area contributed by atoms with Crippen molar-refractivity contribution in [3.63, 3.8) is 0 Å². The number of para-hydroxylation sites is 1. The fraction of sp³-hybridized carbons (Fsp3) is 0.190. The Morgan fingerprint density at radius 2 is 2.04 bits per heavy atom. The van der Waals surface area contributed by atoms with Crippen LogP contribution in [0.1, 0.15) is 29.9 Å². The number of carbonyl (C=O) groups is 1. The minimum atomic E-state index is -0.480. The number of fused-ring (bicyclic) bond motifs is 1. The summed E-state index contributed by atoms with van der Waals surface area (Å²) in [6.07, 6.45) is 2.70. The van der Waals surface area contributed by atoms with Crippen molar-refractivity contribution in [1.29, 1.82) is 0 Å². The van der Waals surface area contributed by atoms with Crippen LogP contribution in [0, 0.1) is 17.0 Å². The summed E-state index contributed by atoms with van der Waals surface area (Å²) in [5, 5.41) is 14.8. The van der Waals surface area contributed by atoms with Crippen LogP contribution >= 0.6 is 0 Å². The first-order valence-corrected chi connectivity index (χ1v) is 8.69. The molecule has 2 aromatic carbocycles. The molecule has 0 fully saturated rings. The van der Waals surface area contributed by atoms with Gasteiger partial charge in [0.05, 0.1) is 23.6 Å². The summed E-state index contributed by atoms with van der Waals surface area (Å²) < 4.78 is 11.1. The number of rotatable bonds is 6. The summed E-state index contributed by atoms with van der Waals surface area (Å²) in [7, 11) is 1.60. The minimum Gasteiger partial charge on any atom is -0.497 e. The SMILES string of the molecule is COc1ccc2oc(C(C)NC(=O)C=Cc3ccccc3[N+](=O)[O-])c(C)c2c1. The van der Waals surface area contributed by atoms with Gasteiger partial charge in [-0.3, -0.25) is 14.9 Å². The second kappa shape index (κ2) is 7.96. The number of nitro benzene ring substituents is 1. The van der Waals surface area contributed by atoms with Crippen molar-refractivity contribution < 1.29 is 18.9 Å². The molecule has 1 amide bonds. The normalized spacial score (nSPS) is 12.2. The molecule has 0 aliphatic heterocycles. The number of methoxy groups -OCH3 is 1. The number of carbonyl (C=O) groups excluding carboxylic acids is 1. The molecule has 0 aliphatic rings. The average molecular weight is 380 g/mol. The third-order valence-corrected chi connectivity index (χ3v) is 4.48. The highest BCUT2D eigenvalue weighted by Crippen LogP contribution is 2.31. The summed E-state index contributed by atoms with van der Waals surface area (Å²) in [4.78, 5) is 22.8. The van der Waals surface area contributed by atoms with E-state index in [9.17, 15) is 14.9 Å². The number of nitro groups is 1. The van der Waals surface area contributed by atoms with E-state index in [4.69, 9.17) is 9.15 Å². The van der Waals surface area contributed by atoms with Gasteiger partial charge in [-0.1, -0.05) is 12.1 Å². The molecule has 0 aliphatic carbocycles. The summed E-state index contributed by atoms with van der Waals surface area (Å²) in [6, 6.07) is 11.4. The quantitative estimate of drug-likeness (QED) is 0.385. The average Bonchev–Trinajstić information content (AvgIpc) is 3.02. The predicted molar refractivity (Wildman–Crippen MR) is 106 cm³/mol. The van der Waals surface area contributed by atoms with E-state index in [1.165, 1.54) is 18.2 Å². The monoisotopic (exact) mass is 380 g/mol. The van der Waals surface area contributed by atoms with E-state index in [2.05, 4.69) is 5.32 Å². The van der Waals surface area contributed by atoms with Gasteiger partial charge in [-0.05, 0) is 44.2 Å². The highest BCUT2D eigenvalue weighted by Gasteiger charge is 2.18. The topological polar surface area (TPSA) is 94.6 Å². The molecule has 3 rings (SSSR count). The summed E-state index contributed by atoms with van der Waals surface area (Å²) in [6.45, 7) is 3.74. The van der Waals surface area contributed by atoms with Gasteiger partial charge >= 0.3 is 0 Å². The molecule has 0 spiro atoms. The molecule has 1 unspecified atom stereocenters. The Hall–Kier alpha value is -3.61. The number of hydrogen-bond acceptors (Lipinski definition) is 5. The van der Waals surface area contributed by atoms with Gasteiger partial charge in [0.15, 0.2) is 0 Å². The lowest BCUT2D eigenvalue weighted by Crippen LogP contribution is -2.24. The van der Waals surface area contributed by atoms with E-state index in [-0.39, 0.29) is 17.6 Å². The second-order valence-corrected chi connectivity index (χ2v) is 6.33. The zero-order chi connectivity index (χ0) is 20.3. The third-order valence-electron chi connectivity index (χ3n) is 4.48. The summed E-state index contributed by atoms with van der Waals surface area (Å²) in [5.41, 5.74) is 1.94. The van der Waals surface area contributed by atoms with E-state index in [1.807, 2.05) is 32.0 Å². The van der Waals surface area contributed by atoms with Gasteiger partial charge < -0.3 is 14.5 Å². The standard InChI is InChI=1S/C21H20N2O5/c1-13-17-12-16(27-3)9-10-19(17)28-21(13)14(2)22-20(24)11-8-15-6-4-5-7-18(15)23(25)26/h4-12,14H,1-3H3,(H,22,24). The lowest BCUT2D eigenvalue weighted by atomic mass is 10.1. The summed E-state index contributed by atoms with van der Waals surface area (Å²) >= 11 is 0. The third kappa shape index (κ3) is 3.88. The van der Waals surface area contributed by atoms with Gasteiger partial charge in [-0.25, -0.2) is 0 Å². The fourth-order valence-electron chi connectivity index (χ4n) is 3.05. The van der Waals surface area contributed by atoms with Crippen molar-refractivity contribution in [1.82, 2.24) is 5.32 Å². The Bertz CT molecular complexity index is 1070. The van der Waals surface area contributed by atoms with Crippen LogP contribution in [0.3, 0.4) is 0 Å². The Labute approximate surface area is 161 Å². The second-order valence-electron chi connectivity index (χ2n) is 6.33. The molecule has 0 saturated carbocycles. The number of amides is 1. The minimum absolute atomic E-state index is 0.0540. The van der Waals surface area contributed by atoms with Crippen molar-refractivity contribution in [2.75, 3.05) is 7.11 Å². The highest BCUT2D eigenvalue weighted by atomic mass is 16.6. The van der Waals surface area contributed by atoms with Gasteiger partial charge in [0.1, 0.15) is 17.1 Å². The van der Waals surface area contributed by atoms with E-state index in [0.717, 1.165) is 16.7 Å². The molecule has 144 valence electrons. The first kappa shape index (κ1) is 19.2. The summed E-state index contributed by atoms with van der Waals surface area (Å²) in [5.74, 6) is 1.01.